The Labute approximate surface area is 101 Å². The van der Waals surface area contributed by atoms with Crippen molar-refractivity contribution in [3.63, 3.8) is 0 Å². The van der Waals surface area contributed by atoms with Gasteiger partial charge in [0.05, 0.1) is 19.7 Å². The minimum absolute atomic E-state index is 0.723. The van der Waals surface area contributed by atoms with Crippen LogP contribution in [0.4, 0.5) is 0 Å². The molecule has 0 unspecified atom stereocenters. The first kappa shape index (κ1) is 11.7. The number of nitrogens with zero attached hydrogens (tertiary/aromatic N) is 1. The van der Waals surface area contributed by atoms with E-state index in [9.17, 15) is 0 Å². The molecule has 0 amide bonds. The third-order valence-corrected chi connectivity index (χ3v) is 2.86. The van der Waals surface area contributed by atoms with Crippen molar-refractivity contribution in [3.05, 3.63) is 30.0 Å². The van der Waals surface area contributed by atoms with Gasteiger partial charge < -0.3 is 9.47 Å². The molecule has 0 N–H and O–H groups in total. The third kappa shape index (κ3) is 2.18. The van der Waals surface area contributed by atoms with Crippen LogP contribution in [0.2, 0.25) is 0 Å². The summed E-state index contributed by atoms with van der Waals surface area (Å²) in [4.78, 5) is 4.37. The van der Waals surface area contributed by atoms with E-state index in [1.807, 2.05) is 18.3 Å². The van der Waals surface area contributed by atoms with Gasteiger partial charge in [-0.25, -0.2) is 0 Å². The summed E-state index contributed by atoms with van der Waals surface area (Å²) < 4.78 is 10.6. The van der Waals surface area contributed by atoms with E-state index in [2.05, 4.69) is 18.0 Å². The second-order valence-corrected chi connectivity index (χ2v) is 3.94. The highest BCUT2D eigenvalue weighted by atomic mass is 16.5. The zero-order chi connectivity index (χ0) is 12.3. The third-order valence-electron chi connectivity index (χ3n) is 2.86. The average molecular weight is 231 g/mol. The van der Waals surface area contributed by atoms with Crippen LogP contribution < -0.4 is 9.47 Å². The molecule has 0 aliphatic heterocycles. The van der Waals surface area contributed by atoms with Gasteiger partial charge >= 0.3 is 0 Å². The molecule has 0 aliphatic rings. The summed E-state index contributed by atoms with van der Waals surface area (Å²) in [6.07, 6.45) is 4.02. The van der Waals surface area contributed by atoms with Gasteiger partial charge in [0.15, 0.2) is 11.5 Å². The van der Waals surface area contributed by atoms with E-state index in [-0.39, 0.29) is 0 Å². The molecule has 90 valence electrons. The number of rotatable bonds is 4. The first-order valence-electron chi connectivity index (χ1n) is 5.79. The highest BCUT2D eigenvalue weighted by molar-refractivity contribution is 5.85. The van der Waals surface area contributed by atoms with Gasteiger partial charge in [0, 0.05) is 17.6 Å². The van der Waals surface area contributed by atoms with Crippen molar-refractivity contribution in [1.29, 1.82) is 0 Å². The molecular formula is C14H17NO2. The Kier molecular flexibility index (Phi) is 3.47. The Hall–Kier alpha value is -1.77. The number of aryl methyl sites for hydroxylation is 1. The van der Waals surface area contributed by atoms with Crippen LogP contribution in [0.1, 0.15) is 18.9 Å². The van der Waals surface area contributed by atoms with Gasteiger partial charge in [0.1, 0.15) is 0 Å². The van der Waals surface area contributed by atoms with Crippen LogP contribution in [0, 0.1) is 0 Å². The Balaban J connectivity index is 2.64. The van der Waals surface area contributed by atoms with Crippen molar-refractivity contribution >= 4 is 10.9 Å². The molecule has 17 heavy (non-hydrogen) atoms. The fraction of sp³-hybridized carbons (Fsp3) is 0.357. The molecule has 1 aromatic heterocycles. The topological polar surface area (TPSA) is 31.4 Å². The quantitative estimate of drug-likeness (QED) is 0.809. The molecule has 0 fully saturated rings. The highest BCUT2D eigenvalue weighted by Crippen LogP contribution is 2.32. The maximum Gasteiger partial charge on any atom is 0.162 e. The van der Waals surface area contributed by atoms with Crippen molar-refractivity contribution in [3.8, 4) is 11.5 Å². The van der Waals surface area contributed by atoms with Crippen molar-refractivity contribution in [2.75, 3.05) is 14.2 Å². The minimum atomic E-state index is 0.723. The van der Waals surface area contributed by atoms with E-state index in [0.717, 1.165) is 35.2 Å². The van der Waals surface area contributed by atoms with Crippen LogP contribution in [0.15, 0.2) is 24.4 Å². The largest absolute Gasteiger partial charge is 0.493 e. The molecule has 0 spiro atoms. The lowest BCUT2D eigenvalue weighted by atomic mass is 10.0. The van der Waals surface area contributed by atoms with E-state index in [4.69, 9.17) is 9.47 Å². The number of aromatic nitrogens is 1. The molecule has 0 bridgehead atoms. The van der Waals surface area contributed by atoms with Gasteiger partial charge in [-0.3, -0.25) is 4.98 Å². The van der Waals surface area contributed by atoms with Crippen LogP contribution in [0.3, 0.4) is 0 Å². The highest BCUT2D eigenvalue weighted by Gasteiger charge is 2.09. The molecule has 0 radical (unpaired) electrons. The number of hydrogen-bond donors (Lipinski definition) is 0. The zero-order valence-corrected chi connectivity index (χ0v) is 10.5. The normalized spacial score (nSPS) is 10.5. The maximum atomic E-state index is 5.32. The summed E-state index contributed by atoms with van der Waals surface area (Å²) in [5.74, 6) is 1.48. The summed E-state index contributed by atoms with van der Waals surface area (Å²) in [5.41, 5.74) is 2.26. The Bertz CT molecular complexity index is 523. The van der Waals surface area contributed by atoms with E-state index in [1.165, 1.54) is 5.56 Å². The van der Waals surface area contributed by atoms with E-state index in [1.54, 1.807) is 14.2 Å². The first-order valence-corrected chi connectivity index (χ1v) is 5.79. The lowest BCUT2D eigenvalue weighted by molar-refractivity contribution is 0.355. The monoisotopic (exact) mass is 231 g/mol. The lowest BCUT2D eigenvalue weighted by Crippen LogP contribution is -1.94. The molecule has 0 saturated carbocycles. The zero-order valence-electron chi connectivity index (χ0n) is 10.5. The van der Waals surface area contributed by atoms with Crippen LogP contribution in [0.5, 0.6) is 11.5 Å². The molecule has 3 nitrogen and oxygen atoms in total. The van der Waals surface area contributed by atoms with Gasteiger partial charge in [-0.2, -0.15) is 0 Å². The van der Waals surface area contributed by atoms with E-state index >= 15 is 0 Å². The van der Waals surface area contributed by atoms with Gasteiger partial charge in [-0.1, -0.05) is 13.3 Å². The fourth-order valence-corrected chi connectivity index (χ4v) is 2.02. The second-order valence-electron chi connectivity index (χ2n) is 3.94. The summed E-state index contributed by atoms with van der Waals surface area (Å²) in [5, 5.41) is 1.15. The molecule has 1 heterocycles. The number of benzene rings is 1. The molecule has 3 heteroatoms. The molecule has 2 aromatic rings. The Morgan fingerprint density at radius 3 is 2.47 bits per heavy atom. The van der Waals surface area contributed by atoms with Gasteiger partial charge in [0.2, 0.25) is 0 Å². The van der Waals surface area contributed by atoms with Crippen LogP contribution in [0.25, 0.3) is 10.9 Å². The number of hydrogen-bond acceptors (Lipinski definition) is 3. The van der Waals surface area contributed by atoms with Gasteiger partial charge in [0.25, 0.3) is 0 Å². The minimum Gasteiger partial charge on any atom is -0.493 e. The number of methoxy groups -OCH3 is 2. The number of ether oxygens (including phenoxy) is 2. The SMILES string of the molecule is CCCc1ccnc2cc(OC)c(OC)cc12. The Morgan fingerprint density at radius 2 is 1.82 bits per heavy atom. The molecule has 0 atom stereocenters. The van der Waals surface area contributed by atoms with Crippen molar-refractivity contribution in [1.82, 2.24) is 4.98 Å². The predicted molar refractivity (Wildman–Crippen MR) is 68.8 cm³/mol. The van der Waals surface area contributed by atoms with Crippen LogP contribution in [-0.2, 0) is 6.42 Å². The summed E-state index contributed by atoms with van der Waals surface area (Å²) in [6, 6.07) is 6.00. The summed E-state index contributed by atoms with van der Waals surface area (Å²) >= 11 is 0. The van der Waals surface area contributed by atoms with E-state index < -0.39 is 0 Å². The molecular weight excluding hydrogens is 214 g/mol. The van der Waals surface area contributed by atoms with Crippen molar-refractivity contribution < 1.29 is 9.47 Å². The standard InChI is InChI=1S/C14H17NO2/c1-4-5-10-6-7-15-12-9-14(17-3)13(16-2)8-11(10)12/h6-9H,4-5H2,1-3H3. The van der Waals surface area contributed by atoms with Crippen LogP contribution in [-0.4, -0.2) is 19.2 Å². The molecule has 0 aliphatic carbocycles. The maximum absolute atomic E-state index is 5.32. The second kappa shape index (κ2) is 5.04. The van der Waals surface area contributed by atoms with Crippen molar-refractivity contribution in [2.24, 2.45) is 0 Å². The van der Waals surface area contributed by atoms with Crippen LogP contribution >= 0.6 is 0 Å². The van der Waals surface area contributed by atoms with E-state index in [0.29, 0.717) is 0 Å². The van der Waals surface area contributed by atoms with Gasteiger partial charge in [-0.15, -0.1) is 0 Å². The Morgan fingerprint density at radius 1 is 1.12 bits per heavy atom. The lowest BCUT2D eigenvalue weighted by Gasteiger charge is -2.11. The molecule has 2 rings (SSSR count). The first-order chi connectivity index (χ1) is 8.30. The molecule has 1 aromatic carbocycles. The molecule has 0 saturated heterocycles. The smallest absolute Gasteiger partial charge is 0.162 e. The number of fused-ring (bicyclic) bond motifs is 1. The summed E-state index contributed by atoms with van der Waals surface area (Å²) in [6.45, 7) is 2.17. The van der Waals surface area contributed by atoms with Gasteiger partial charge in [-0.05, 0) is 24.1 Å². The van der Waals surface area contributed by atoms with Crippen molar-refractivity contribution in [2.45, 2.75) is 19.8 Å². The number of pyridine rings is 1. The average Bonchev–Trinajstić information content (AvgIpc) is 2.38. The summed E-state index contributed by atoms with van der Waals surface area (Å²) in [7, 11) is 3.29. The predicted octanol–water partition coefficient (Wildman–Crippen LogP) is 3.20. The fourth-order valence-electron chi connectivity index (χ4n) is 2.02.